The lowest BCUT2D eigenvalue weighted by molar-refractivity contribution is -0.128. The molecule has 0 spiro atoms. The molecule has 1 heterocycles. The van der Waals surface area contributed by atoms with Gasteiger partial charge in [0.1, 0.15) is 5.75 Å². The molecule has 0 saturated heterocycles. The number of anilines is 1. The number of hydrogen-bond acceptors (Lipinski definition) is 5. The highest BCUT2D eigenvalue weighted by Crippen LogP contribution is 2.19. The van der Waals surface area contributed by atoms with E-state index in [2.05, 4.69) is 32.1 Å². The van der Waals surface area contributed by atoms with Crippen molar-refractivity contribution in [3.63, 3.8) is 0 Å². The number of benzene rings is 2. The normalized spacial score (nSPS) is 11.3. The molecule has 0 radical (unpaired) electrons. The number of furan rings is 1. The van der Waals surface area contributed by atoms with E-state index in [4.69, 9.17) is 9.15 Å². The van der Waals surface area contributed by atoms with Crippen molar-refractivity contribution in [1.29, 1.82) is 0 Å². The average Bonchev–Trinajstić information content (AvgIpc) is 3.27. The van der Waals surface area contributed by atoms with Crippen LogP contribution in [0.3, 0.4) is 0 Å². The summed E-state index contributed by atoms with van der Waals surface area (Å²) >= 11 is 3.33. The van der Waals surface area contributed by atoms with Crippen LogP contribution in [-0.2, 0) is 4.79 Å². The topological polar surface area (TPSA) is 110 Å². The van der Waals surface area contributed by atoms with Crippen molar-refractivity contribution in [3.8, 4) is 5.75 Å². The molecule has 2 aromatic carbocycles. The number of carbonyl (C=O) groups excluding carboxylic acids is 3. The van der Waals surface area contributed by atoms with Gasteiger partial charge in [-0.3, -0.25) is 25.2 Å². The number of halogens is 1. The zero-order valence-corrected chi connectivity index (χ0v) is 17.4. The molecule has 0 aliphatic heterocycles. The highest BCUT2D eigenvalue weighted by molar-refractivity contribution is 9.10. The predicted octanol–water partition coefficient (Wildman–Crippen LogP) is 3.52. The van der Waals surface area contributed by atoms with Gasteiger partial charge in [0, 0.05) is 15.7 Å². The van der Waals surface area contributed by atoms with Crippen molar-refractivity contribution in [3.05, 3.63) is 82.7 Å². The second-order valence-corrected chi connectivity index (χ2v) is 7.09. The molecule has 3 amide bonds. The SMILES string of the molecule is CC(Oc1cccc(Br)c1)C(=O)NNC(=O)c1ccc(NC(=O)c2ccco2)cc1. The second kappa shape index (κ2) is 9.75. The summed E-state index contributed by atoms with van der Waals surface area (Å²) in [4.78, 5) is 36.3. The third-order valence-electron chi connectivity index (χ3n) is 3.93. The maximum atomic E-state index is 12.2. The molecule has 0 bridgehead atoms. The van der Waals surface area contributed by atoms with Crippen molar-refractivity contribution in [1.82, 2.24) is 10.9 Å². The van der Waals surface area contributed by atoms with Gasteiger partial charge >= 0.3 is 0 Å². The van der Waals surface area contributed by atoms with Crippen molar-refractivity contribution in [2.75, 3.05) is 5.32 Å². The van der Waals surface area contributed by atoms with Gasteiger partial charge in [-0.2, -0.15) is 0 Å². The average molecular weight is 472 g/mol. The van der Waals surface area contributed by atoms with Crippen LogP contribution in [0.25, 0.3) is 0 Å². The van der Waals surface area contributed by atoms with Crippen LogP contribution in [0, 0.1) is 0 Å². The zero-order chi connectivity index (χ0) is 21.5. The zero-order valence-electron chi connectivity index (χ0n) is 15.8. The fourth-order valence-electron chi connectivity index (χ4n) is 2.40. The van der Waals surface area contributed by atoms with Gasteiger partial charge in [-0.05, 0) is 61.5 Å². The molecule has 3 N–H and O–H groups in total. The maximum absolute atomic E-state index is 12.2. The van der Waals surface area contributed by atoms with Crippen LogP contribution in [0.15, 0.2) is 75.8 Å². The van der Waals surface area contributed by atoms with E-state index < -0.39 is 23.8 Å². The summed E-state index contributed by atoms with van der Waals surface area (Å²) in [5.41, 5.74) is 5.44. The molecule has 0 aliphatic carbocycles. The molecule has 0 aliphatic rings. The Bertz CT molecular complexity index is 1040. The van der Waals surface area contributed by atoms with Crippen LogP contribution in [0.4, 0.5) is 5.69 Å². The number of carbonyl (C=O) groups is 3. The summed E-state index contributed by atoms with van der Waals surface area (Å²) < 4.78 is 11.4. The van der Waals surface area contributed by atoms with Gasteiger partial charge in [-0.15, -0.1) is 0 Å². The molecule has 1 atom stereocenters. The van der Waals surface area contributed by atoms with Gasteiger partial charge in [0.2, 0.25) is 0 Å². The molecule has 0 saturated carbocycles. The molecule has 9 heteroatoms. The Morgan fingerprint density at radius 3 is 2.40 bits per heavy atom. The van der Waals surface area contributed by atoms with Gasteiger partial charge < -0.3 is 14.5 Å². The van der Waals surface area contributed by atoms with Crippen LogP contribution < -0.4 is 20.9 Å². The summed E-state index contributed by atoms with van der Waals surface area (Å²) in [6.45, 7) is 1.57. The number of hydrazine groups is 1. The Morgan fingerprint density at radius 2 is 1.73 bits per heavy atom. The molecule has 30 heavy (non-hydrogen) atoms. The van der Waals surface area contributed by atoms with Crippen molar-refractivity contribution in [2.24, 2.45) is 0 Å². The van der Waals surface area contributed by atoms with Gasteiger partial charge in [0.15, 0.2) is 11.9 Å². The summed E-state index contributed by atoms with van der Waals surface area (Å²) in [6, 6.07) is 16.4. The van der Waals surface area contributed by atoms with E-state index in [-0.39, 0.29) is 5.76 Å². The van der Waals surface area contributed by atoms with Gasteiger partial charge in [0.25, 0.3) is 17.7 Å². The van der Waals surface area contributed by atoms with E-state index >= 15 is 0 Å². The molecule has 1 unspecified atom stereocenters. The van der Waals surface area contributed by atoms with Crippen molar-refractivity contribution < 1.29 is 23.5 Å². The summed E-state index contributed by atoms with van der Waals surface area (Å²) in [6.07, 6.45) is 0.584. The van der Waals surface area contributed by atoms with Gasteiger partial charge in [-0.25, -0.2) is 0 Å². The van der Waals surface area contributed by atoms with E-state index in [0.717, 1.165) is 4.47 Å². The monoisotopic (exact) mass is 471 g/mol. The minimum atomic E-state index is -0.821. The van der Waals surface area contributed by atoms with E-state index in [1.165, 1.54) is 18.4 Å². The third-order valence-corrected chi connectivity index (χ3v) is 4.42. The lowest BCUT2D eigenvalue weighted by Gasteiger charge is -2.15. The smallest absolute Gasteiger partial charge is 0.291 e. The molecule has 8 nitrogen and oxygen atoms in total. The standard InChI is InChI=1S/C21H18BrN3O5/c1-13(30-17-5-2-4-15(22)12-17)19(26)24-25-20(27)14-7-9-16(10-8-14)23-21(28)18-6-3-11-29-18/h2-13H,1H3,(H,23,28)(H,24,26)(H,25,27). The summed E-state index contributed by atoms with van der Waals surface area (Å²) in [5.74, 6) is -0.722. The predicted molar refractivity (Wildman–Crippen MR) is 113 cm³/mol. The summed E-state index contributed by atoms with van der Waals surface area (Å²) in [7, 11) is 0. The van der Waals surface area contributed by atoms with Crippen molar-refractivity contribution >= 4 is 39.3 Å². The Kier molecular flexibility index (Phi) is 6.87. The highest BCUT2D eigenvalue weighted by atomic mass is 79.9. The van der Waals surface area contributed by atoms with Crippen LogP contribution >= 0.6 is 15.9 Å². The third kappa shape index (κ3) is 5.71. The molecular formula is C21H18BrN3O5. The van der Waals surface area contributed by atoms with Crippen molar-refractivity contribution in [2.45, 2.75) is 13.0 Å². The number of nitrogens with one attached hydrogen (secondary N) is 3. The number of hydrogen-bond donors (Lipinski definition) is 3. The fourth-order valence-corrected chi connectivity index (χ4v) is 2.77. The fraction of sp³-hybridized carbons (Fsp3) is 0.0952. The molecular weight excluding hydrogens is 454 g/mol. The Hall–Kier alpha value is -3.59. The molecule has 1 aromatic heterocycles. The van der Waals surface area contributed by atoms with E-state index in [1.807, 2.05) is 6.07 Å². The minimum absolute atomic E-state index is 0.179. The summed E-state index contributed by atoms with van der Waals surface area (Å²) in [5, 5.41) is 2.65. The minimum Gasteiger partial charge on any atom is -0.481 e. The van der Waals surface area contributed by atoms with Crippen LogP contribution in [-0.4, -0.2) is 23.8 Å². The Morgan fingerprint density at radius 1 is 0.967 bits per heavy atom. The maximum Gasteiger partial charge on any atom is 0.291 e. The molecule has 3 rings (SSSR count). The largest absolute Gasteiger partial charge is 0.481 e. The molecule has 154 valence electrons. The first-order chi connectivity index (χ1) is 14.4. The first kappa shape index (κ1) is 21.1. The van der Waals surface area contributed by atoms with Gasteiger partial charge in [0.05, 0.1) is 6.26 Å². The lowest BCUT2D eigenvalue weighted by Crippen LogP contribution is -2.47. The number of amides is 3. The van der Waals surface area contributed by atoms with Gasteiger partial charge in [-0.1, -0.05) is 22.0 Å². The quantitative estimate of drug-likeness (QED) is 0.476. The number of rotatable bonds is 6. The first-order valence-corrected chi connectivity index (χ1v) is 9.69. The Labute approximate surface area is 180 Å². The number of ether oxygens (including phenoxy) is 1. The van der Waals surface area contributed by atoms with E-state index in [0.29, 0.717) is 17.0 Å². The van der Waals surface area contributed by atoms with Crippen LogP contribution in [0.5, 0.6) is 5.75 Å². The Balaban J connectivity index is 1.49. The van der Waals surface area contributed by atoms with E-state index in [9.17, 15) is 14.4 Å². The highest BCUT2D eigenvalue weighted by Gasteiger charge is 2.16. The molecule has 0 fully saturated rings. The van der Waals surface area contributed by atoms with Crippen LogP contribution in [0.2, 0.25) is 0 Å². The van der Waals surface area contributed by atoms with E-state index in [1.54, 1.807) is 49.4 Å². The van der Waals surface area contributed by atoms with Crippen LogP contribution in [0.1, 0.15) is 27.8 Å². The first-order valence-electron chi connectivity index (χ1n) is 8.90. The lowest BCUT2D eigenvalue weighted by atomic mass is 10.2. The second-order valence-electron chi connectivity index (χ2n) is 6.17. The molecule has 3 aromatic rings.